The summed E-state index contributed by atoms with van der Waals surface area (Å²) >= 11 is 0. The van der Waals surface area contributed by atoms with Gasteiger partial charge in [-0.15, -0.1) is 0 Å². The van der Waals surface area contributed by atoms with Gasteiger partial charge in [0.25, 0.3) is 0 Å². The molecule has 0 aliphatic carbocycles. The maximum Gasteiger partial charge on any atom is 0.333 e. The summed E-state index contributed by atoms with van der Waals surface area (Å²) in [5.41, 5.74) is 0.746. The van der Waals surface area contributed by atoms with Crippen LogP contribution in [-0.2, 0) is 9.53 Å². The van der Waals surface area contributed by atoms with Gasteiger partial charge in [-0.25, -0.2) is 4.79 Å². The molecule has 0 radical (unpaired) electrons. The van der Waals surface area contributed by atoms with E-state index in [1.165, 1.54) is 32.1 Å². The first kappa shape index (κ1) is 17.2. The Hall–Kier alpha value is -0.790. The average molecular weight is 254 g/mol. The first-order valence-corrected chi connectivity index (χ1v) is 7.47. The number of hydrogen-bond donors (Lipinski definition) is 0. The summed E-state index contributed by atoms with van der Waals surface area (Å²) < 4.78 is 5.25. The topological polar surface area (TPSA) is 26.3 Å². The minimum atomic E-state index is -0.149. The monoisotopic (exact) mass is 254 g/mol. The SMILES string of the molecule is CCCCCCCCOC(=O)C(C)=CC(C)CC. The van der Waals surface area contributed by atoms with Crippen LogP contribution in [-0.4, -0.2) is 12.6 Å². The lowest BCUT2D eigenvalue weighted by Crippen LogP contribution is -2.08. The Kier molecular flexibility index (Phi) is 10.8. The first-order chi connectivity index (χ1) is 8.61. The third kappa shape index (κ3) is 9.26. The van der Waals surface area contributed by atoms with E-state index in [0.29, 0.717) is 12.5 Å². The Bertz CT molecular complexity index is 243. The van der Waals surface area contributed by atoms with Gasteiger partial charge in [0.1, 0.15) is 0 Å². The van der Waals surface area contributed by atoms with Gasteiger partial charge in [0.15, 0.2) is 0 Å². The molecule has 0 aromatic carbocycles. The molecule has 0 fully saturated rings. The molecule has 0 saturated carbocycles. The molecule has 2 nitrogen and oxygen atoms in total. The highest BCUT2D eigenvalue weighted by Crippen LogP contribution is 2.09. The normalized spacial score (nSPS) is 13.4. The minimum Gasteiger partial charge on any atom is -0.462 e. The lowest BCUT2D eigenvalue weighted by molar-refractivity contribution is -0.139. The molecule has 0 N–H and O–H groups in total. The van der Waals surface area contributed by atoms with Gasteiger partial charge >= 0.3 is 5.97 Å². The predicted octanol–water partition coefficient (Wildman–Crippen LogP) is 4.88. The highest BCUT2D eigenvalue weighted by atomic mass is 16.5. The molecule has 0 aromatic rings. The maximum absolute atomic E-state index is 11.6. The highest BCUT2D eigenvalue weighted by molar-refractivity contribution is 5.87. The number of esters is 1. The summed E-state index contributed by atoms with van der Waals surface area (Å²) in [7, 11) is 0. The Morgan fingerprint density at radius 1 is 1.11 bits per heavy atom. The van der Waals surface area contributed by atoms with Crippen molar-refractivity contribution in [3.63, 3.8) is 0 Å². The van der Waals surface area contributed by atoms with Gasteiger partial charge in [0.2, 0.25) is 0 Å². The second kappa shape index (κ2) is 11.3. The molecule has 106 valence electrons. The van der Waals surface area contributed by atoms with Gasteiger partial charge in [-0.1, -0.05) is 65.4 Å². The van der Waals surface area contributed by atoms with Crippen molar-refractivity contribution in [3.8, 4) is 0 Å². The van der Waals surface area contributed by atoms with Crippen molar-refractivity contribution in [1.82, 2.24) is 0 Å². The third-order valence-corrected chi connectivity index (χ3v) is 3.23. The van der Waals surface area contributed by atoms with Crippen molar-refractivity contribution in [2.24, 2.45) is 5.92 Å². The van der Waals surface area contributed by atoms with Gasteiger partial charge in [0.05, 0.1) is 6.61 Å². The van der Waals surface area contributed by atoms with Crippen LogP contribution in [0.4, 0.5) is 0 Å². The van der Waals surface area contributed by atoms with Crippen LogP contribution >= 0.6 is 0 Å². The number of allylic oxidation sites excluding steroid dienone is 1. The smallest absolute Gasteiger partial charge is 0.333 e. The fraction of sp³-hybridized carbons (Fsp3) is 0.812. The van der Waals surface area contributed by atoms with E-state index in [1.54, 1.807) is 0 Å². The molecule has 0 saturated heterocycles. The van der Waals surface area contributed by atoms with Crippen LogP contribution in [0.1, 0.15) is 72.6 Å². The number of unbranched alkanes of at least 4 members (excludes halogenated alkanes) is 5. The molecule has 2 heteroatoms. The average Bonchev–Trinajstić information content (AvgIpc) is 2.37. The van der Waals surface area contributed by atoms with Crippen molar-refractivity contribution in [2.75, 3.05) is 6.61 Å². The summed E-state index contributed by atoms with van der Waals surface area (Å²) in [6.45, 7) is 8.86. The quantitative estimate of drug-likeness (QED) is 0.315. The van der Waals surface area contributed by atoms with Crippen LogP contribution in [0.25, 0.3) is 0 Å². The Morgan fingerprint density at radius 2 is 1.72 bits per heavy atom. The van der Waals surface area contributed by atoms with Crippen molar-refractivity contribution >= 4 is 5.97 Å². The fourth-order valence-corrected chi connectivity index (χ4v) is 1.77. The van der Waals surface area contributed by atoms with Crippen molar-refractivity contribution in [1.29, 1.82) is 0 Å². The molecular formula is C16H30O2. The summed E-state index contributed by atoms with van der Waals surface area (Å²) in [6.07, 6.45) is 10.4. The Balaban J connectivity index is 3.61. The maximum atomic E-state index is 11.6. The highest BCUT2D eigenvalue weighted by Gasteiger charge is 2.06. The van der Waals surface area contributed by atoms with E-state index >= 15 is 0 Å². The van der Waals surface area contributed by atoms with E-state index in [-0.39, 0.29) is 5.97 Å². The van der Waals surface area contributed by atoms with Gasteiger partial charge in [-0.3, -0.25) is 0 Å². The molecule has 0 heterocycles. The molecule has 0 amide bonds. The van der Waals surface area contributed by atoms with Crippen molar-refractivity contribution in [2.45, 2.75) is 72.6 Å². The molecular weight excluding hydrogens is 224 g/mol. The summed E-state index contributed by atoms with van der Waals surface area (Å²) in [6, 6.07) is 0. The summed E-state index contributed by atoms with van der Waals surface area (Å²) in [5, 5.41) is 0. The number of rotatable bonds is 10. The van der Waals surface area contributed by atoms with E-state index in [4.69, 9.17) is 4.74 Å². The van der Waals surface area contributed by atoms with E-state index in [1.807, 2.05) is 13.0 Å². The Labute approximate surface area is 113 Å². The lowest BCUT2D eigenvalue weighted by Gasteiger charge is -2.07. The van der Waals surface area contributed by atoms with Gasteiger partial charge in [-0.2, -0.15) is 0 Å². The van der Waals surface area contributed by atoms with Crippen LogP contribution in [0.5, 0.6) is 0 Å². The number of ether oxygens (including phenoxy) is 1. The summed E-state index contributed by atoms with van der Waals surface area (Å²) in [4.78, 5) is 11.6. The largest absolute Gasteiger partial charge is 0.462 e. The second-order valence-corrected chi connectivity index (χ2v) is 5.14. The minimum absolute atomic E-state index is 0.149. The van der Waals surface area contributed by atoms with E-state index < -0.39 is 0 Å². The molecule has 0 bridgehead atoms. The van der Waals surface area contributed by atoms with Crippen molar-refractivity contribution in [3.05, 3.63) is 11.6 Å². The lowest BCUT2D eigenvalue weighted by atomic mass is 10.1. The molecule has 1 unspecified atom stereocenters. The molecule has 0 aliphatic rings. The van der Waals surface area contributed by atoms with E-state index in [9.17, 15) is 4.79 Å². The van der Waals surface area contributed by atoms with Crippen LogP contribution < -0.4 is 0 Å². The van der Waals surface area contributed by atoms with Crippen LogP contribution in [0.15, 0.2) is 11.6 Å². The zero-order valence-corrected chi connectivity index (χ0v) is 12.6. The van der Waals surface area contributed by atoms with E-state index in [0.717, 1.165) is 18.4 Å². The molecule has 1 atom stereocenters. The Morgan fingerprint density at radius 3 is 2.33 bits per heavy atom. The first-order valence-electron chi connectivity index (χ1n) is 7.47. The number of carbonyl (C=O) groups is 1. The van der Waals surface area contributed by atoms with Gasteiger partial charge in [-0.05, 0) is 19.3 Å². The number of hydrogen-bond acceptors (Lipinski definition) is 2. The zero-order chi connectivity index (χ0) is 13.8. The molecule has 18 heavy (non-hydrogen) atoms. The fourth-order valence-electron chi connectivity index (χ4n) is 1.77. The zero-order valence-electron chi connectivity index (χ0n) is 12.6. The van der Waals surface area contributed by atoms with Crippen LogP contribution in [0.2, 0.25) is 0 Å². The van der Waals surface area contributed by atoms with Gasteiger partial charge < -0.3 is 4.74 Å². The molecule has 0 rings (SSSR count). The van der Waals surface area contributed by atoms with Crippen LogP contribution in [0, 0.1) is 5.92 Å². The van der Waals surface area contributed by atoms with Gasteiger partial charge in [0, 0.05) is 5.57 Å². The third-order valence-electron chi connectivity index (χ3n) is 3.23. The second-order valence-electron chi connectivity index (χ2n) is 5.14. The standard InChI is InChI=1S/C16H30O2/c1-5-7-8-9-10-11-12-18-16(17)15(4)13-14(3)6-2/h13-14H,5-12H2,1-4H3. The molecule has 0 aliphatic heterocycles. The summed E-state index contributed by atoms with van der Waals surface area (Å²) in [5.74, 6) is 0.301. The number of carbonyl (C=O) groups excluding carboxylic acids is 1. The predicted molar refractivity (Wildman–Crippen MR) is 77.5 cm³/mol. The van der Waals surface area contributed by atoms with Crippen LogP contribution in [0.3, 0.4) is 0 Å². The molecule has 0 spiro atoms. The van der Waals surface area contributed by atoms with E-state index in [2.05, 4.69) is 20.8 Å². The molecule has 0 aromatic heterocycles. The van der Waals surface area contributed by atoms with Crippen molar-refractivity contribution < 1.29 is 9.53 Å².